The number of benzene rings is 1. The SMILES string of the molecule is CCC1(CNC(=O)Cc2ccc(C#N)cc2)CCCC1. The molecular weight excluding hydrogens is 248 g/mol. The molecule has 1 amide bonds. The zero-order valence-electron chi connectivity index (χ0n) is 12.1. The third-order valence-corrected chi connectivity index (χ3v) is 4.52. The van der Waals surface area contributed by atoms with E-state index in [9.17, 15) is 4.79 Å². The first-order valence-electron chi connectivity index (χ1n) is 7.43. The standard InChI is InChI=1S/C17H22N2O/c1-2-17(9-3-4-10-17)13-19-16(20)11-14-5-7-15(12-18)8-6-14/h5-8H,2-4,9-11,13H2,1H3,(H,19,20). The highest BCUT2D eigenvalue weighted by molar-refractivity contribution is 5.78. The molecule has 0 atom stereocenters. The number of nitriles is 1. The number of rotatable bonds is 5. The molecule has 0 aliphatic heterocycles. The molecule has 2 rings (SSSR count). The van der Waals surface area contributed by atoms with Crippen molar-refractivity contribution >= 4 is 5.91 Å². The lowest BCUT2D eigenvalue weighted by molar-refractivity contribution is -0.121. The fraction of sp³-hybridized carbons (Fsp3) is 0.529. The van der Waals surface area contributed by atoms with Gasteiger partial charge in [-0.1, -0.05) is 31.9 Å². The Morgan fingerprint density at radius 1 is 1.30 bits per heavy atom. The molecule has 0 bridgehead atoms. The van der Waals surface area contributed by atoms with E-state index in [-0.39, 0.29) is 5.91 Å². The lowest BCUT2D eigenvalue weighted by Crippen LogP contribution is -2.36. The van der Waals surface area contributed by atoms with Gasteiger partial charge in [0.05, 0.1) is 18.1 Å². The van der Waals surface area contributed by atoms with Gasteiger partial charge >= 0.3 is 0 Å². The predicted octanol–water partition coefficient (Wildman–Crippen LogP) is 3.19. The minimum absolute atomic E-state index is 0.0782. The molecule has 0 heterocycles. The topological polar surface area (TPSA) is 52.9 Å². The van der Waals surface area contributed by atoms with Crippen LogP contribution in [-0.4, -0.2) is 12.5 Å². The molecule has 0 saturated heterocycles. The van der Waals surface area contributed by atoms with Crippen LogP contribution >= 0.6 is 0 Å². The highest BCUT2D eigenvalue weighted by Crippen LogP contribution is 2.40. The highest BCUT2D eigenvalue weighted by Gasteiger charge is 2.32. The van der Waals surface area contributed by atoms with E-state index >= 15 is 0 Å². The maximum atomic E-state index is 12.0. The van der Waals surface area contributed by atoms with E-state index in [0.29, 0.717) is 17.4 Å². The van der Waals surface area contributed by atoms with Crippen molar-refractivity contribution in [3.05, 3.63) is 35.4 Å². The first-order chi connectivity index (χ1) is 9.67. The summed E-state index contributed by atoms with van der Waals surface area (Å²) in [7, 11) is 0. The number of carbonyl (C=O) groups is 1. The van der Waals surface area contributed by atoms with Gasteiger partial charge in [0.1, 0.15) is 0 Å². The lowest BCUT2D eigenvalue weighted by Gasteiger charge is -2.27. The summed E-state index contributed by atoms with van der Waals surface area (Å²) in [6.45, 7) is 3.02. The van der Waals surface area contributed by atoms with Gasteiger partial charge in [0, 0.05) is 6.54 Å². The Balaban J connectivity index is 1.84. The molecule has 0 unspecified atom stereocenters. The molecule has 1 aliphatic rings. The number of carbonyl (C=O) groups excluding carboxylic acids is 1. The van der Waals surface area contributed by atoms with Crippen molar-refractivity contribution in [3.8, 4) is 6.07 Å². The maximum absolute atomic E-state index is 12.0. The second-order valence-corrected chi connectivity index (χ2v) is 5.82. The third kappa shape index (κ3) is 3.60. The number of hydrogen-bond acceptors (Lipinski definition) is 2. The molecule has 1 aliphatic carbocycles. The smallest absolute Gasteiger partial charge is 0.224 e. The molecule has 1 aromatic carbocycles. The lowest BCUT2D eigenvalue weighted by atomic mass is 9.83. The summed E-state index contributed by atoms with van der Waals surface area (Å²) in [5.41, 5.74) is 1.92. The summed E-state index contributed by atoms with van der Waals surface area (Å²) < 4.78 is 0. The van der Waals surface area contributed by atoms with Gasteiger partial charge in [0.25, 0.3) is 0 Å². The number of nitrogens with one attached hydrogen (secondary N) is 1. The van der Waals surface area contributed by atoms with Crippen LogP contribution in [0.1, 0.15) is 50.2 Å². The fourth-order valence-electron chi connectivity index (χ4n) is 3.01. The summed E-state index contributed by atoms with van der Waals surface area (Å²) in [6.07, 6.45) is 6.59. The third-order valence-electron chi connectivity index (χ3n) is 4.52. The average molecular weight is 270 g/mol. The minimum Gasteiger partial charge on any atom is -0.355 e. The summed E-state index contributed by atoms with van der Waals surface area (Å²) in [6, 6.07) is 9.30. The molecule has 0 spiro atoms. The minimum atomic E-state index is 0.0782. The van der Waals surface area contributed by atoms with Crippen LogP contribution in [0.25, 0.3) is 0 Å². The molecule has 106 valence electrons. The number of amides is 1. The van der Waals surface area contributed by atoms with E-state index in [0.717, 1.165) is 18.5 Å². The van der Waals surface area contributed by atoms with Gasteiger partial charge in [-0.3, -0.25) is 4.79 Å². The van der Waals surface area contributed by atoms with E-state index in [2.05, 4.69) is 18.3 Å². The van der Waals surface area contributed by atoms with Crippen LogP contribution < -0.4 is 5.32 Å². The fourth-order valence-corrected chi connectivity index (χ4v) is 3.01. The van der Waals surface area contributed by atoms with Crippen LogP contribution in [0.2, 0.25) is 0 Å². The van der Waals surface area contributed by atoms with Crippen LogP contribution in [-0.2, 0) is 11.2 Å². The molecule has 0 aromatic heterocycles. The maximum Gasteiger partial charge on any atom is 0.224 e. The first-order valence-corrected chi connectivity index (χ1v) is 7.43. The Morgan fingerprint density at radius 3 is 2.50 bits per heavy atom. The highest BCUT2D eigenvalue weighted by atomic mass is 16.1. The van der Waals surface area contributed by atoms with E-state index < -0.39 is 0 Å². The Hall–Kier alpha value is -1.82. The predicted molar refractivity (Wildman–Crippen MR) is 79.1 cm³/mol. The normalized spacial score (nSPS) is 16.6. The zero-order chi connectivity index (χ0) is 14.4. The van der Waals surface area contributed by atoms with Crippen LogP contribution in [0, 0.1) is 16.7 Å². The number of hydrogen-bond donors (Lipinski definition) is 1. The molecule has 1 saturated carbocycles. The molecular formula is C17H22N2O. The van der Waals surface area contributed by atoms with E-state index in [1.54, 1.807) is 12.1 Å². The monoisotopic (exact) mass is 270 g/mol. The Labute approximate surface area is 121 Å². The van der Waals surface area contributed by atoms with Crippen LogP contribution in [0.5, 0.6) is 0 Å². The van der Waals surface area contributed by atoms with E-state index in [1.165, 1.54) is 25.7 Å². The van der Waals surface area contributed by atoms with Crippen molar-refractivity contribution in [1.29, 1.82) is 5.26 Å². The van der Waals surface area contributed by atoms with E-state index in [1.807, 2.05) is 12.1 Å². The van der Waals surface area contributed by atoms with Crippen LogP contribution in [0.4, 0.5) is 0 Å². The summed E-state index contributed by atoms with van der Waals surface area (Å²) >= 11 is 0. The van der Waals surface area contributed by atoms with Crippen LogP contribution in [0.15, 0.2) is 24.3 Å². The van der Waals surface area contributed by atoms with Crippen molar-refractivity contribution < 1.29 is 4.79 Å². The molecule has 3 heteroatoms. The zero-order valence-corrected chi connectivity index (χ0v) is 12.1. The quantitative estimate of drug-likeness (QED) is 0.893. The van der Waals surface area contributed by atoms with Gasteiger partial charge in [0.15, 0.2) is 0 Å². The van der Waals surface area contributed by atoms with Gasteiger partial charge in [0.2, 0.25) is 5.91 Å². The van der Waals surface area contributed by atoms with Crippen molar-refractivity contribution in [2.75, 3.05) is 6.54 Å². The largest absolute Gasteiger partial charge is 0.355 e. The first kappa shape index (κ1) is 14.6. The second-order valence-electron chi connectivity index (χ2n) is 5.82. The van der Waals surface area contributed by atoms with E-state index in [4.69, 9.17) is 5.26 Å². The Morgan fingerprint density at radius 2 is 1.95 bits per heavy atom. The Bertz CT molecular complexity index is 493. The van der Waals surface area contributed by atoms with Crippen LogP contribution in [0.3, 0.4) is 0 Å². The second kappa shape index (κ2) is 6.56. The van der Waals surface area contributed by atoms with Gasteiger partial charge < -0.3 is 5.32 Å². The van der Waals surface area contributed by atoms with Crippen molar-refractivity contribution in [2.24, 2.45) is 5.41 Å². The summed E-state index contributed by atoms with van der Waals surface area (Å²) in [5.74, 6) is 0.0782. The van der Waals surface area contributed by atoms with Gasteiger partial charge in [-0.05, 0) is 42.4 Å². The molecule has 3 nitrogen and oxygen atoms in total. The molecule has 0 radical (unpaired) electrons. The van der Waals surface area contributed by atoms with Gasteiger partial charge in [-0.15, -0.1) is 0 Å². The summed E-state index contributed by atoms with van der Waals surface area (Å²) in [5, 5.41) is 11.8. The van der Waals surface area contributed by atoms with Crippen molar-refractivity contribution in [2.45, 2.75) is 45.4 Å². The summed E-state index contributed by atoms with van der Waals surface area (Å²) in [4.78, 5) is 12.0. The Kier molecular flexibility index (Phi) is 4.79. The average Bonchev–Trinajstić information content (AvgIpc) is 2.95. The molecule has 20 heavy (non-hydrogen) atoms. The molecule has 1 aromatic rings. The van der Waals surface area contributed by atoms with Crippen molar-refractivity contribution in [3.63, 3.8) is 0 Å². The molecule has 1 fully saturated rings. The molecule has 1 N–H and O–H groups in total. The van der Waals surface area contributed by atoms with Gasteiger partial charge in [-0.2, -0.15) is 5.26 Å². The van der Waals surface area contributed by atoms with Gasteiger partial charge in [-0.25, -0.2) is 0 Å². The number of nitrogens with zero attached hydrogens (tertiary/aromatic N) is 1. The van der Waals surface area contributed by atoms with Crippen molar-refractivity contribution in [1.82, 2.24) is 5.32 Å².